The number of hydrogen-bond acceptors (Lipinski definition) is 4. The average Bonchev–Trinajstić information content (AvgIpc) is 2.74. The first-order valence-corrected chi connectivity index (χ1v) is 10.8. The van der Waals surface area contributed by atoms with Crippen molar-refractivity contribution in [3.8, 4) is 17.6 Å². The third kappa shape index (κ3) is 7.04. The van der Waals surface area contributed by atoms with Crippen molar-refractivity contribution < 1.29 is 14.3 Å². The van der Waals surface area contributed by atoms with Crippen LogP contribution in [0.5, 0.6) is 11.5 Å². The molecule has 1 amide bonds. The number of ether oxygens (including phenoxy) is 2. The molecule has 0 bridgehead atoms. The Morgan fingerprint density at radius 1 is 1.16 bits per heavy atom. The van der Waals surface area contributed by atoms with Crippen molar-refractivity contribution >= 4 is 29.3 Å². The fraction of sp³-hybridized carbons (Fsp3) is 0.360. The second-order valence-corrected chi connectivity index (χ2v) is 7.79. The molecule has 0 aromatic heterocycles. The minimum atomic E-state index is -0.522. The highest BCUT2D eigenvalue weighted by Crippen LogP contribution is 2.30. The van der Waals surface area contributed by atoms with E-state index >= 15 is 0 Å². The summed E-state index contributed by atoms with van der Waals surface area (Å²) >= 11 is 6.27. The van der Waals surface area contributed by atoms with Crippen LogP contribution in [0.2, 0.25) is 5.02 Å². The minimum Gasteiger partial charge on any atom is -0.493 e. The predicted molar refractivity (Wildman–Crippen MR) is 126 cm³/mol. The number of rotatable bonds is 10. The van der Waals surface area contributed by atoms with E-state index in [0.717, 1.165) is 24.0 Å². The van der Waals surface area contributed by atoms with Crippen LogP contribution in [-0.2, 0) is 4.79 Å². The van der Waals surface area contributed by atoms with Gasteiger partial charge in [0.05, 0.1) is 24.4 Å². The normalized spacial score (nSPS) is 11.0. The van der Waals surface area contributed by atoms with Crippen LogP contribution in [0, 0.1) is 25.2 Å². The molecule has 2 aromatic rings. The zero-order valence-corrected chi connectivity index (χ0v) is 19.3. The lowest BCUT2D eigenvalue weighted by Gasteiger charge is -2.12. The molecule has 164 valence electrons. The van der Waals surface area contributed by atoms with E-state index in [1.165, 1.54) is 18.9 Å². The van der Waals surface area contributed by atoms with Gasteiger partial charge in [0.25, 0.3) is 5.91 Å². The van der Waals surface area contributed by atoms with Crippen molar-refractivity contribution in [2.45, 2.75) is 46.5 Å². The lowest BCUT2D eigenvalue weighted by molar-refractivity contribution is -0.112. The summed E-state index contributed by atoms with van der Waals surface area (Å²) in [6, 6.07) is 11.0. The van der Waals surface area contributed by atoms with Crippen LogP contribution in [-0.4, -0.2) is 19.6 Å². The lowest BCUT2D eigenvalue weighted by atomic mass is 10.1. The molecule has 0 radical (unpaired) electrons. The van der Waals surface area contributed by atoms with Gasteiger partial charge in [0, 0.05) is 0 Å². The number of benzene rings is 2. The Hall–Kier alpha value is -2.97. The number of anilines is 1. The van der Waals surface area contributed by atoms with Gasteiger partial charge in [0.1, 0.15) is 11.6 Å². The van der Waals surface area contributed by atoms with Crippen LogP contribution < -0.4 is 14.8 Å². The van der Waals surface area contributed by atoms with Gasteiger partial charge in [-0.1, -0.05) is 49.9 Å². The van der Waals surface area contributed by atoms with Gasteiger partial charge in [-0.15, -0.1) is 0 Å². The average molecular weight is 441 g/mol. The molecule has 0 saturated heterocycles. The van der Waals surface area contributed by atoms with E-state index in [4.69, 9.17) is 21.1 Å². The molecule has 0 aliphatic heterocycles. The number of methoxy groups -OCH3 is 1. The molecule has 2 rings (SSSR count). The second kappa shape index (κ2) is 12.0. The number of nitrogens with one attached hydrogen (secondary N) is 1. The van der Waals surface area contributed by atoms with Crippen molar-refractivity contribution in [3.05, 3.63) is 57.6 Å². The Morgan fingerprint density at radius 3 is 2.58 bits per heavy atom. The van der Waals surface area contributed by atoms with E-state index < -0.39 is 5.91 Å². The van der Waals surface area contributed by atoms with E-state index in [1.807, 2.05) is 26.0 Å². The summed E-state index contributed by atoms with van der Waals surface area (Å²) in [5.41, 5.74) is 2.96. The van der Waals surface area contributed by atoms with Gasteiger partial charge in [0.2, 0.25) is 0 Å². The zero-order chi connectivity index (χ0) is 22.8. The smallest absolute Gasteiger partial charge is 0.266 e. The number of nitriles is 1. The SMILES string of the molecule is CCCCCCOc1ccc(/C=C(\C#N)C(=O)Nc2c(C)cc(C)cc2Cl)cc1OC. The van der Waals surface area contributed by atoms with E-state index in [9.17, 15) is 10.1 Å². The molecular formula is C25H29ClN2O3. The van der Waals surface area contributed by atoms with Gasteiger partial charge in [-0.3, -0.25) is 4.79 Å². The maximum atomic E-state index is 12.7. The number of halogens is 1. The monoisotopic (exact) mass is 440 g/mol. The zero-order valence-electron chi connectivity index (χ0n) is 18.5. The van der Waals surface area contributed by atoms with Crippen molar-refractivity contribution in [1.82, 2.24) is 0 Å². The Balaban J connectivity index is 2.16. The van der Waals surface area contributed by atoms with E-state index in [0.29, 0.717) is 34.4 Å². The summed E-state index contributed by atoms with van der Waals surface area (Å²) in [5, 5.41) is 12.7. The summed E-state index contributed by atoms with van der Waals surface area (Å²) in [6.07, 6.45) is 5.99. The first-order chi connectivity index (χ1) is 14.9. The number of amides is 1. The molecule has 0 fully saturated rings. The van der Waals surface area contributed by atoms with Crippen LogP contribution in [0.1, 0.15) is 49.3 Å². The summed E-state index contributed by atoms with van der Waals surface area (Å²) in [4.78, 5) is 12.7. The van der Waals surface area contributed by atoms with Crippen LogP contribution in [0.25, 0.3) is 6.08 Å². The Morgan fingerprint density at radius 2 is 1.94 bits per heavy atom. The molecule has 6 heteroatoms. The highest BCUT2D eigenvalue weighted by Gasteiger charge is 2.14. The van der Waals surface area contributed by atoms with Crippen LogP contribution in [0.3, 0.4) is 0 Å². The summed E-state index contributed by atoms with van der Waals surface area (Å²) in [7, 11) is 1.56. The van der Waals surface area contributed by atoms with Crippen molar-refractivity contribution in [2.24, 2.45) is 0 Å². The van der Waals surface area contributed by atoms with Gasteiger partial charge in [-0.25, -0.2) is 0 Å². The number of hydrogen-bond donors (Lipinski definition) is 1. The lowest BCUT2D eigenvalue weighted by Crippen LogP contribution is -2.14. The summed E-state index contributed by atoms with van der Waals surface area (Å²) in [5.74, 6) is 0.673. The Kier molecular flexibility index (Phi) is 9.42. The van der Waals surface area contributed by atoms with Crippen LogP contribution in [0.15, 0.2) is 35.9 Å². The van der Waals surface area contributed by atoms with Crippen molar-refractivity contribution in [3.63, 3.8) is 0 Å². The molecule has 0 saturated carbocycles. The van der Waals surface area contributed by atoms with Gasteiger partial charge >= 0.3 is 0 Å². The molecule has 0 unspecified atom stereocenters. The molecular weight excluding hydrogens is 412 g/mol. The third-order valence-corrected chi connectivity index (χ3v) is 5.09. The molecule has 0 atom stereocenters. The van der Waals surface area contributed by atoms with Gasteiger partial charge < -0.3 is 14.8 Å². The Bertz CT molecular complexity index is 970. The van der Waals surface area contributed by atoms with Crippen LogP contribution in [0.4, 0.5) is 5.69 Å². The maximum Gasteiger partial charge on any atom is 0.266 e. The number of carbonyl (C=O) groups excluding carboxylic acids is 1. The quantitative estimate of drug-likeness (QED) is 0.261. The molecule has 0 heterocycles. The highest BCUT2D eigenvalue weighted by molar-refractivity contribution is 6.34. The molecule has 0 aliphatic rings. The van der Waals surface area contributed by atoms with E-state index in [2.05, 4.69) is 12.2 Å². The predicted octanol–water partition coefficient (Wildman–Crippen LogP) is 6.47. The summed E-state index contributed by atoms with van der Waals surface area (Å²) < 4.78 is 11.2. The van der Waals surface area contributed by atoms with Gasteiger partial charge in [-0.2, -0.15) is 5.26 Å². The van der Waals surface area contributed by atoms with E-state index in [1.54, 1.807) is 31.4 Å². The number of carbonyl (C=O) groups is 1. The maximum absolute atomic E-state index is 12.7. The molecule has 31 heavy (non-hydrogen) atoms. The highest BCUT2D eigenvalue weighted by atomic mass is 35.5. The number of nitrogens with zero attached hydrogens (tertiary/aromatic N) is 1. The molecule has 0 aliphatic carbocycles. The second-order valence-electron chi connectivity index (χ2n) is 7.38. The Labute approximate surface area is 189 Å². The van der Waals surface area contributed by atoms with Gasteiger partial charge in [0.15, 0.2) is 11.5 Å². The van der Waals surface area contributed by atoms with Crippen molar-refractivity contribution in [1.29, 1.82) is 5.26 Å². The first-order valence-electron chi connectivity index (χ1n) is 10.4. The minimum absolute atomic E-state index is 0.0358. The standard InChI is InChI=1S/C25H29ClN2O3/c1-5-6-7-8-11-31-22-10-9-19(15-23(22)30-4)14-20(16-27)25(29)28-24-18(3)12-17(2)13-21(24)26/h9-10,12-15H,5-8,11H2,1-4H3,(H,28,29)/b20-14+. The fourth-order valence-corrected chi connectivity index (χ4v) is 3.54. The first kappa shape index (κ1) is 24.3. The molecule has 1 N–H and O–H groups in total. The number of unbranched alkanes of at least 4 members (excludes halogenated alkanes) is 3. The van der Waals surface area contributed by atoms with Gasteiger partial charge in [-0.05, 0) is 61.2 Å². The molecule has 2 aromatic carbocycles. The third-order valence-electron chi connectivity index (χ3n) is 4.79. The topological polar surface area (TPSA) is 71.3 Å². The summed E-state index contributed by atoms with van der Waals surface area (Å²) in [6.45, 7) is 6.57. The largest absolute Gasteiger partial charge is 0.493 e. The molecule has 0 spiro atoms. The number of aryl methyl sites for hydroxylation is 2. The van der Waals surface area contributed by atoms with E-state index in [-0.39, 0.29) is 5.57 Å². The fourth-order valence-electron chi connectivity index (χ4n) is 3.17. The van der Waals surface area contributed by atoms with Crippen LogP contribution >= 0.6 is 11.6 Å². The van der Waals surface area contributed by atoms with Crippen molar-refractivity contribution in [2.75, 3.05) is 19.0 Å². The molecule has 5 nitrogen and oxygen atoms in total.